The largest absolute Gasteiger partial charge is 0.485 e. The fraction of sp³-hybridized carbons (Fsp3) is 0.550. The Morgan fingerprint density at radius 2 is 2.21 bits per heavy atom. The van der Waals surface area contributed by atoms with Gasteiger partial charge in [-0.1, -0.05) is 31.1 Å². The molecule has 28 heavy (non-hydrogen) atoms. The lowest BCUT2D eigenvalue weighted by Gasteiger charge is -2.34. The van der Waals surface area contributed by atoms with Crippen LogP contribution in [0.2, 0.25) is 0 Å². The highest BCUT2D eigenvalue weighted by Gasteiger charge is 2.22. The lowest BCUT2D eigenvalue weighted by Crippen LogP contribution is -2.48. The van der Waals surface area contributed by atoms with E-state index in [1.54, 1.807) is 19.1 Å². The van der Waals surface area contributed by atoms with Crippen molar-refractivity contribution < 1.29 is 18.8 Å². The molecular weight excluding hydrogens is 360 g/mol. The fourth-order valence-corrected chi connectivity index (χ4v) is 3.21. The molecule has 1 atom stereocenters. The molecule has 2 heterocycles. The summed E-state index contributed by atoms with van der Waals surface area (Å²) in [5.41, 5.74) is 0.470. The van der Waals surface area contributed by atoms with Crippen LogP contribution in [0.4, 0.5) is 0 Å². The van der Waals surface area contributed by atoms with E-state index in [2.05, 4.69) is 34.2 Å². The summed E-state index contributed by atoms with van der Waals surface area (Å²) in [5, 5.41) is 6.76. The van der Waals surface area contributed by atoms with Gasteiger partial charge in [-0.3, -0.25) is 9.69 Å². The Hall–Kier alpha value is -2.45. The summed E-state index contributed by atoms with van der Waals surface area (Å²) in [5.74, 6) is 1.82. The highest BCUT2D eigenvalue weighted by molar-refractivity contribution is 5.96. The molecule has 0 radical (unpaired) electrons. The van der Waals surface area contributed by atoms with Crippen LogP contribution in [0.15, 0.2) is 28.8 Å². The summed E-state index contributed by atoms with van der Waals surface area (Å²) in [4.78, 5) is 19.2. The Bertz CT molecular complexity index is 777. The van der Waals surface area contributed by atoms with Crippen LogP contribution in [0.5, 0.6) is 5.75 Å². The number of nitrogens with one attached hydrogen (secondary N) is 1. The monoisotopic (exact) mass is 388 g/mol. The molecule has 1 amide bonds. The standard InChI is InChI=1S/C20H28N4O4/c1-14(2)11-24-8-9-26-16(12-24)10-21-20(25)17-6-4-5-7-18(17)27-13-19-22-15(3)28-23-19/h4-7,14,16H,8-13H2,1-3H3,(H,21,25). The molecule has 8 heteroatoms. The van der Waals surface area contributed by atoms with E-state index < -0.39 is 0 Å². The molecule has 1 aromatic heterocycles. The molecule has 0 spiro atoms. The van der Waals surface area contributed by atoms with Gasteiger partial charge in [0, 0.05) is 33.1 Å². The van der Waals surface area contributed by atoms with E-state index >= 15 is 0 Å². The minimum Gasteiger partial charge on any atom is -0.485 e. The predicted octanol–water partition coefficient (Wildman–Crippen LogP) is 2.04. The van der Waals surface area contributed by atoms with E-state index in [0.29, 0.717) is 42.1 Å². The van der Waals surface area contributed by atoms with Gasteiger partial charge in [-0.05, 0) is 18.1 Å². The van der Waals surface area contributed by atoms with Crippen molar-refractivity contribution in [1.29, 1.82) is 0 Å². The second-order valence-electron chi connectivity index (χ2n) is 7.37. The molecule has 1 fully saturated rings. The van der Waals surface area contributed by atoms with Crippen molar-refractivity contribution in [2.24, 2.45) is 5.92 Å². The Balaban J connectivity index is 1.54. The molecule has 1 saturated heterocycles. The summed E-state index contributed by atoms with van der Waals surface area (Å²) >= 11 is 0. The molecule has 3 rings (SSSR count). The van der Waals surface area contributed by atoms with Crippen LogP contribution in [0.3, 0.4) is 0 Å². The predicted molar refractivity (Wildman–Crippen MR) is 103 cm³/mol. The number of carbonyl (C=O) groups excluding carboxylic acids is 1. The van der Waals surface area contributed by atoms with Crippen LogP contribution in [0.25, 0.3) is 0 Å². The van der Waals surface area contributed by atoms with Gasteiger partial charge in [0.15, 0.2) is 6.61 Å². The summed E-state index contributed by atoms with van der Waals surface area (Å²) in [7, 11) is 0. The lowest BCUT2D eigenvalue weighted by molar-refractivity contribution is -0.0295. The number of carbonyl (C=O) groups is 1. The third kappa shape index (κ3) is 5.77. The van der Waals surface area contributed by atoms with E-state index in [4.69, 9.17) is 14.0 Å². The fourth-order valence-electron chi connectivity index (χ4n) is 3.21. The summed E-state index contributed by atoms with van der Waals surface area (Å²) in [6.07, 6.45) is -0.00756. The zero-order valence-electron chi connectivity index (χ0n) is 16.7. The van der Waals surface area contributed by atoms with Crippen LogP contribution in [0.1, 0.15) is 35.9 Å². The summed E-state index contributed by atoms with van der Waals surface area (Å²) < 4.78 is 16.5. The molecule has 152 valence electrons. The van der Waals surface area contributed by atoms with E-state index in [0.717, 1.165) is 19.6 Å². The number of morpholine rings is 1. The molecule has 1 aliphatic heterocycles. The van der Waals surface area contributed by atoms with Gasteiger partial charge in [0.1, 0.15) is 5.75 Å². The van der Waals surface area contributed by atoms with Crippen LogP contribution in [0, 0.1) is 12.8 Å². The molecule has 1 aromatic carbocycles. The average molecular weight is 388 g/mol. The Morgan fingerprint density at radius 3 is 2.96 bits per heavy atom. The van der Waals surface area contributed by atoms with Gasteiger partial charge in [-0.2, -0.15) is 4.98 Å². The number of benzene rings is 1. The number of hydrogen-bond donors (Lipinski definition) is 1. The van der Waals surface area contributed by atoms with Gasteiger partial charge < -0.3 is 19.3 Å². The zero-order valence-corrected chi connectivity index (χ0v) is 16.7. The first-order valence-electron chi connectivity index (χ1n) is 9.64. The first-order valence-corrected chi connectivity index (χ1v) is 9.64. The van der Waals surface area contributed by atoms with Gasteiger partial charge in [0.2, 0.25) is 11.7 Å². The minimum atomic E-state index is -0.190. The average Bonchev–Trinajstić information content (AvgIpc) is 3.10. The second-order valence-corrected chi connectivity index (χ2v) is 7.37. The van der Waals surface area contributed by atoms with Gasteiger partial charge in [0.25, 0.3) is 5.91 Å². The van der Waals surface area contributed by atoms with Gasteiger partial charge in [-0.15, -0.1) is 0 Å². The van der Waals surface area contributed by atoms with Gasteiger partial charge in [0.05, 0.1) is 18.3 Å². The zero-order chi connectivity index (χ0) is 19.9. The Labute approximate surface area is 165 Å². The van der Waals surface area contributed by atoms with Crippen molar-refractivity contribution in [2.45, 2.75) is 33.5 Å². The highest BCUT2D eigenvalue weighted by Crippen LogP contribution is 2.19. The van der Waals surface area contributed by atoms with Crippen molar-refractivity contribution in [3.8, 4) is 5.75 Å². The molecule has 1 unspecified atom stereocenters. The second kappa shape index (κ2) is 9.66. The molecule has 8 nitrogen and oxygen atoms in total. The summed E-state index contributed by atoms with van der Waals surface area (Å²) in [6, 6.07) is 7.12. The van der Waals surface area contributed by atoms with Gasteiger partial charge >= 0.3 is 0 Å². The van der Waals surface area contributed by atoms with Gasteiger partial charge in [-0.25, -0.2) is 0 Å². The van der Waals surface area contributed by atoms with Crippen molar-refractivity contribution in [3.63, 3.8) is 0 Å². The van der Waals surface area contributed by atoms with E-state index in [1.165, 1.54) is 0 Å². The maximum atomic E-state index is 12.7. The molecule has 0 saturated carbocycles. The molecule has 2 aromatic rings. The van der Waals surface area contributed by atoms with E-state index in [9.17, 15) is 4.79 Å². The number of ether oxygens (including phenoxy) is 2. The number of aromatic nitrogens is 2. The van der Waals surface area contributed by atoms with Crippen LogP contribution in [-0.2, 0) is 11.3 Å². The molecule has 0 bridgehead atoms. The van der Waals surface area contributed by atoms with Crippen molar-refractivity contribution in [1.82, 2.24) is 20.4 Å². The maximum Gasteiger partial charge on any atom is 0.255 e. The molecular formula is C20H28N4O4. The van der Waals surface area contributed by atoms with Crippen molar-refractivity contribution in [3.05, 3.63) is 41.5 Å². The Morgan fingerprint density at radius 1 is 1.39 bits per heavy atom. The van der Waals surface area contributed by atoms with Crippen LogP contribution >= 0.6 is 0 Å². The summed E-state index contributed by atoms with van der Waals surface area (Å²) in [6.45, 7) is 10.2. The number of rotatable bonds is 8. The third-order valence-electron chi connectivity index (χ3n) is 4.39. The first-order chi connectivity index (χ1) is 13.5. The molecule has 1 N–H and O–H groups in total. The number of hydrogen-bond acceptors (Lipinski definition) is 7. The van der Waals surface area contributed by atoms with E-state index in [1.807, 2.05) is 12.1 Å². The smallest absolute Gasteiger partial charge is 0.255 e. The van der Waals surface area contributed by atoms with Crippen molar-refractivity contribution in [2.75, 3.05) is 32.8 Å². The minimum absolute atomic E-state index is 0.00756. The third-order valence-corrected chi connectivity index (χ3v) is 4.39. The topological polar surface area (TPSA) is 89.7 Å². The maximum absolute atomic E-state index is 12.7. The SMILES string of the molecule is Cc1nc(COc2ccccc2C(=O)NCC2CN(CC(C)C)CCO2)no1. The number of aryl methyl sites for hydroxylation is 1. The van der Waals surface area contributed by atoms with Crippen LogP contribution in [-0.4, -0.2) is 59.8 Å². The van der Waals surface area contributed by atoms with Crippen molar-refractivity contribution >= 4 is 5.91 Å². The molecule has 1 aliphatic rings. The van der Waals surface area contributed by atoms with Crippen LogP contribution < -0.4 is 10.1 Å². The quantitative estimate of drug-likeness (QED) is 0.740. The Kier molecular flexibility index (Phi) is 7.00. The highest BCUT2D eigenvalue weighted by atomic mass is 16.5. The number of amides is 1. The number of nitrogens with zero attached hydrogens (tertiary/aromatic N) is 3. The lowest BCUT2D eigenvalue weighted by atomic mass is 10.1. The first kappa shape index (κ1) is 20.3. The normalized spacial score (nSPS) is 17.6. The molecule has 0 aliphatic carbocycles. The number of para-hydroxylation sites is 1. The van der Waals surface area contributed by atoms with E-state index in [-0.39, 0.29) is 18.6 Å².